The Kier molecular flexibility index (Phi) is 5.03. The molecular formula is C15H16BrNO3S. The molecule has 2 aromatic carbocycles. The number of para-hydroxylation sites is 1. The SMILES string of the molecule is COc1ccccc1C(N)CS(=O)(=O)c1ccccc1Br. The van der Waals surface area contributed by atoms with Crippen molar-refractivity contribution in [3.05, 3.63) is 58.6 Å². The van der Waals surface area contributed by atoms with Gasteiger partial charge >= 0.3 is 0 Å². The zero-order valence-electron chi connectivity index (χ0n) is 11.5. The van der Waals surface area contributed by atoms with Gasteiger partial charge in [0.1, 0.15) is 5.75 Å². The van der Waals surface area contributed by atoms with Gasteiger partial charge in [0.25, 0.3) is 0 Å². The van der Waals surface area contributed by atoms with E-state index in [0.717, 1.165) is 0 Å². The molecule has 6 heteroatoms. The summed E-state index contributed by atoms with van der Waals surface area (Å²) >= 11 is 3.26. The van der Waals surface area contributed by atoms with Crippen LogP contribution in [-0.4, -0.2) is 21.3 Å². The fraction of sp³-hybridized carbons (Fsp3) is 0.200. The maximum absolute atomic E-state index is 12.5. The van der Waals surface area contributed by atoms with Gasteiger partial charge in [-0.25, -0.2) is 8.42 Å². The number of ether oxygens (including phenoxy) is 1. The first-order valence-corrected chi connectivity index (χ1v) is 8.76. The summed E-state index contributed by atoms with van der Waals surface area (Å²) in [6, 6.07) is 13.2. The van der Waals surface area contributed by atoms with Crippen molar-refractivity contribution in [2.75, 3.05) is 12.9 Å². The lowest BCUT2D eigenvalue weighted by Crippen LogP contribution is -2.22. The number of rotatable bonds is 5. The Morgan fingerprint density at radius 2 is 1.76 bits per heavy atom. The number of nitrogens with two attached hydrogens (primary N) is 1. The van der Waals surface area contributed by atoms with Crippen LogP contribution in [0.25, 0.3) is 0 Å². The third-order valence-corrected chi connectivity index (χ3v) is 5.89. The normalized spacial score (nSPS) is 12.9. The monoisotopic (exact) mass is 369 g/mol. The van der Waals surface area contributed by atoms with E-state index < -0.39 is 15.9 Å². The van der Waals surface area contributed by atoms with Crippen molar-refractivity contribution in [1.82, 2.24) is 0 Å². The molecule has 1 atom stereocenters. The van der Waals surface area contributed by atoms with Crippen molar-refractivity contribution in [2.45, 2.75) is 10.9 Å². The number of halogens is 1. The Hall–Kier alpha value is -1.37. The van der Waals surface area contributed by atoms with Crippen molar-refractivity contribution >= 4 is 25.8 Å². The molecule has 2 rings (SSSR count). The minimum Gasteiger partial charge on any atom is -0.496 e. The molecule has 0 amide bonds. The van der Waals surface area contributed by atoms with Crippen LogP contribution < -0.4 is 10.5 Å². The average Bonchev–Trinajstić information content (AvgIpc) is 2.47. The van der Waals surface area contributed by atoms with Crippen LogP contribution >= 0.6 is 15.9 Å². The van der Waals surface area contributed by atoms with Gasteiger partial charge in [0.05, 0.1) is 17.8 Å². The first-order chi connectivity index (χ1) is 9.95. The van der Waals surface area contributed by atoms with Crippen molar-refractivity contribution in [2.24, 2.45) is 5.73 Å². The van der Waals surface area contributed by atoms with Crippen LogP contribution in [0.5, 0.6) is 5.75 Å². The minimum atomic E-state index is -3.49. The van der Waals surface area contributed by atoms with Crippen molar-refractivity contribution in [3.63, 3.8) is 0 Å². The van der Waals surface area contributed by atoms with E-state index in [1.165, 1.54) is 7.11 Å². The highest BCUT2D eigenvalue weighted by Gasteiger charge is 2.23. The van der Waals surface area contributed by atoms with E-state index in [1.807, 2.05) is 12.1 Å². The lowest BCUT2D eigenvalue weighted by atomic mass is 10.1. The molecule has 0 saturated carbocycles. The van der Waals surface area contributed by atoms with E-state index in [1.54, 1.807) is 36.4 Å². The number of sulfone groups is 1. The van der Waals surface area contributed by atoms with Crippen LogP contribution in [0.3, 0.4) is 0 Å². The van der Waals surface area contributed by atoms with Crippen molar-refractivity contribution in [3.8, 4) is 5.75 Å². The van der Waals surface area contributed by atoms with Crippen LogP contribution in [0.15, 0.2) is 57.9 Å². The molecule has 0 fully saturated rings. The summed E-state index contributed by atoms with van der Waals surface area (Å²) in [4.78, 5) is 0.246. The number of methoxy groups -OCH3 is 1. The Bertz CT molecular complexity index is 731. The highest BCUT2D eigenvalue weighted by molar-refractivity contribution is 9.10. The van der Waals surface area contributed by atoms with Gasteiger partial charge in [0.2, 0.25) is 0 Å². The van der Waals surface area contributed by atoms with Gasteiger partial charge in [-0.05, 0) is 34.1 Å². The van der Waals surface area contributed by atoms with Crippen LogP contribution in [0.4, 0.5) is 0 Å². The topological polar surface area (TPSA) is 69.4 Å². The van der Waals surface area contributed by atoms with Gasteiger partial charge < -0.3 is 10.5 Å². The second kappa shape index (κ2) is 6.60. The molecule has 0 aliphatic rings. The molecule has 0 radical (unpaired) electrons. The van der Waals surface area contributed by atoms with Gasteiger partial charge in [0, 0.05) is 16.1 Å². The molecule has 0 spiro atoms. The molecular weight excluding hydrogens is 354 g/mol. The number of benzene rings is 2. The minimum absolute atomic E-state index is 0.185. The second-order valence-electron chi connectivity index (χ2n) is 4.56. The molecule has 0 aliphatic heterocycles. The van der Waals surface area contributed by atoms with Crippen molar-refractivity contribution in [1.29, 1.82) is 0 Å². The second-order valence-corrected chi connectivity index (χ2v) is 7.42. The summed E-state index contributed by atoms with van der Waals surface area (Å²) in [6.07, 6.45) is 0. The van der Waals surface area contributed by atoms with Gasteiger partial charge in [0.15, 0.2) is 9.84 Å². The highest BCUT2D eigenvalue weighted by atomic mass is 79.9. The lowest BCUT2D eigenvalue weighted by molar-refractivity contribution is 0.407. The fourth-order valence-corrected chi connectivity index (χ4v) is 4.59. The van der Waals surface area contributed by atoms with Gasteiger partial charge in [-0.15, -0.1) is 0 Å². The smallest absolute Gasteiger partial charge is 0.181 e. The molecule has 1 unspecified atom stereocenters. The van der Waals surface area contributed by atoms with E-state index >= 15 is 0 Å². The molecule has 0 aromatic heterocycles. The van der Waals surface area contributed by atoms with Crippen LogP contribution in [0.2, 0.25) is 0 Å². The van der Waals surface area contributed by atoms with Crippen LogP contribution in [0.1, 0.15) is 11.6 Å². The number of hydrogen-bond acceptors (Lipinski definition) is 4. The quantitative estimate of drug-likeness (QED) is 0.879. The molecule has 21 heavy (non-hydrogen) atoms. The van der Waals surface area contributed by atoms with E-state index in [-0.39, 0.29) is 10.6 Å². The zero-order valence-corrected chi connectivity index (χ0v) is 13.9. The summed E-state index contributed by atoms with van der Waals surface area (Å²) in [6.45, 7) is 0. The van der Waals surface area contributed by atoms with Crippen LogP contribution in [-0.2, 0) is 9.84 Å². The molecule has 0 heterocycles. The third kappa shape index (κ3) is 3.64. The predicted molar refractivity (Wildman–Crippen MR) is 86.1 cm³/mol. The average molecular weight is 370 g/mol. The molecule has 0 saturated heterocycles. The van der Waals surface area contributed by atoms with Gasteiger partial charge in [-0.2, -0.15) is 0 Å². The fourth-order valence-electron chi connectivity index (χ4n) is 2.09. The Labute approximate surface area is 133 Å². The standard InChI is InChI=1S/C15H16BrNO3S/c1-20-14-8-4-2-6-11(14)13(17)10-21(18,19)15-9-5-3-7-12(15)16/h2-9,13H,10,17H2,1H3. The largest absolute Gasteiger partial charge is 0.496 e. The van der Waals surface area contributed by atoms with E-state index in [9.17, 15) is 8.42 Å². The molecule has 0 bridgehead atoms. The van der Waals surface area contributed by atoms with Crippen molar-refractivity contribution < 1.29 is 13.2 Å². The van der Waals surface area contributed by atoms with Gasteiger partial charge in [-0.1, -0.05) is 30.3 Å². The van der Waals surface area contributed by atoms with E-state index in [4.69, 9.17) is 10.5 Å². The molecule has 4 nitrogen and oxygen atoms in total. The molecule has 2 aromatic rings. The summed E-state index contributed by atoms with van der Waals surface area (Å²) in [5.41, 5.74) is 6.75. The molecule has 0 aliphatic carbocycles. The summed E-state index contributed by atoms with van der Waals surface area (Å²) in [5.74, 6) is 0.406. The molecule has 112 valence electrons. The molecule has 2 N–H and O–H groups in total. The van der Waals surface area contributed by atoms with Gasteiger partial charge in [-0.3, -0.25) is 0 Å². The zero-order chi connectivity index (χ0) is 15.5. The summed E-state index contributed by atoms with van der Waals surface area (Å²) in [7, 11) is -1.96. The maximum atomic E-state index is 12.5. The maximum Gasteiger partial charge on any atom is 0.181 e. The lowest BCUT2D eigenvalue weighted by Gasteiger charge is -2.16. The van der Waals surface area contributed by atoms with Crippen LogP contribution in [0, 0.1) is 0 Å². The third-order valence-electron chi connectivity index (χ3n) is 3.11. The van der Waals surface area contributed by atoms with E-state index in [2.05, 4.69) is 15.9 Å². The Balaban J connectivity index is 2.31. The summed E-state index contributed by atoms with van der Waals surface area (Å²) < 4.78 is 30.7. The predicted octanol–water partition coefficient (Wildman–Crippen LogP) is 2.93. The summed E-state index contributed by atoms with van der Waals surface area (Å²) in [5, 5.41) is 0. The Morgan fingerprint density at radius 1 is 1.14 bits per heavy atom. The first-order valence-electron chi connectivity index (χ1n) is 6.31. The highest BCUT2D eigenvalue weighted by Crippen LogP contribution is 2.28. The number of hydrogen-bond donors (Lipinski definition) is 1. The first kappa shape index (κ1) is 16.0. The Morgan fingerprint density at radius 3 is 2.43 bits per heavy atom. The van der Waals surface area contributed by atoms with E-state index in [0.29, 0.717) is 15.8 Å².